The Morgan fingerprint density at radius 2 is 1.62 bits per heavy atom. The van der Waals surface area contributed by atoms with Crippen molar-refractivity contribution in [3.8, 4) is 0 Å². The van der Waals surface area contributed by atoms with Crippen LogP contribution in [0.1, 0.15) is 60.3 Å². The van der Waals surface area contributed by atoms with Crippen LogP contribution in [0.3, 0.4) is 0 Å². The molecule has 0 spiro atoms. The van der Waals surface area contributed by atoms with Crippen LogP contribution >= 0.6 is 15.9 Å². The molecule has 1 aliphatic heterocycles. The summed E-state index contributed by atoms with van der Waals surface area (Å²) in [7, 11) is 0. The normalized spacial score (nSPS) is 46.1. The van der Waals surface area contributed by atoms with Gasteiger partial charge in [0.25, 0.3) is 0 Å². The highest BCUT2D eigenvalue weighted by Crippen LogP contribution is 2.56. The van der Waals surface area contributed by atoms with Gasteiger partial charge < -0.3 is 4.74 Å². The van der Waals surface area contributed by atoms with Gasteiger partial charge in [-0.05, 0) is 57.8 Å². The number of fused-ring (bicyclic) bond motifs is 1. The van der Waals surface area contributed by atoms with Crippen LogP contribution in [0.5, 0.6) is 0 Å². The van der Waals surface area contributed by atoms with Crippen LogP contribution in [0.2, 0.25) is 0 Å². The van der Waals surface area contributed by atoms with Gasteiger partial charge in [-0.25, -0.2) is 0 Å². The third-order valence-electron chi connectivity index (χ3n) is 4.88. The van der Waals surface area contributed by atoms with E-state index in [0.29, 0.717) is 16.2 Å². The summed E-state index contributed by atoms with van der Waals surface area (Å²) in [4.78, 5) is 0.642. The van der Waals surface area contributed by atoms with E-state index in [0.717, 1.165) is 0 Å². The smallest absolute Gasteiger partial charge is 0.0695 e. The third-order valence-corrected chi connectivity index (χ3v) is 6.52. The van der Waals surface area contributed by atoms with Crippen LogP contribution in [0.15, 0.2) is 0 Å². The van der Waals surface area contributed by atoms with Crippen molar-refractivity contribution < 1.29 is 4.74 Å². The fourth-order valence-electron chi connectivity index (χ4n) is 3.94. The van der Waals surface area contributed by atoms with Gasteiger partial charge in [-0.2, -0.15) is 0 Å². The molecule has 2 rings (SSSR count). The Hall–Kier alpha value is 0.440. The van der Waals surface area contributed by atoms with E-state index in [1.165, 1.54) is 25.7 Å². The highest BCUT2D eigenvalue weighted by atomic mass is 79.9. The summed E-state index contributed by atoms with van der Waals surface area (Å²) in [6.07, 6.45) is 4.92. The molecule has 1 aliphatic carbocycles. The Bertz CT molecular complexity index is 284. The maximum atomic E-state index is 6.43. The molecule has 1 saturated heterocycles. The van der Waals surface area contributed by atoms with Gasteiger partial charge >= 0.3 is 0 Å². The van der Waals surface area contributed by atoms with Gasteiger partial charge in [0.2, 0.25) is 0 Å². The molecule has 1 heterocycles. The number of halogens is 1. The van der Waals surface area contributed by atoms with E-state index in [4.69, 9.17) is 4.74 Å². The lowest BCUT2D eigenvalue weighted by Gasteiger charge is -2.58. The summed E-state index contributed by atoms with van der Waals surface area (Å²) in [6, 6.07) is 0. The first-order valence-electron chi connectivity index (χ1n) is 6.52. The van der Waals surface area contributed by atoms with Crippen molar-refractivity contribution in [2.45, 2.75) is 76.3 Å². The molecule has 0 N–H and O–H groups in total. The molecule has 1 nitrogen and oxygen atoms in total. The molecule has 0 unspecified atom stereocenters. The molecule has 0 radical (unpaired) electrons. The topological polar surface area (TPSA) is 9.23 Å². The summed E-state index contributed by atoms with van der Waals surface area (Å²) >= 11 is 3.87. The number of rotatable bonds is 0. The number of hydrogen-bond acceptors (Lipinski definition) is 1. The first-order valence-corrected chi connectivity index (χ1v) is 7.43. The van der Waals surface area contributed by atoms with Gasteiger partial charge in [-0.1, -0.05) is 29.8 Å². The van der Waals surface area contributed by atoms with Crippen LogP contribution in [0.25, 0.3) is 0 Å². The average Bonchev–Trinajstić information content (AvgIpc) is 2.10. The second-order valence-corrected chi connectivity index (χ2v) is 8.20. The molecule has 1 saturated carbocycles. The Labute approximate surface area is 108 Å². The molecular weight excluding hydrogens is 264 g/mol. The first kappa shape index (κ1) is 12.9. The van der Waals surface area contributed by atoms with Crippen molar-refractivity contribution in [3.05, 3.63) is 0 Å². The Morgan fingerprint density at radius 1 is 1.00 bits per heavy atom. The lowest BCUT2D eigenvalue weighted by Crippen LogP contribution is -2.59. The summed E-state index contributed by atoms with van der Waals surface area (Å²) in [6.45, 7) is 11.6. The molecule has 2 aliphatic rings. The second kappa shape index (κ2) is 3.71. The maximum Gasteiger partial charge on any atom is 0.0695 e. The predicted molar refractivity (Wildman–Crippen MR) is 72.0 cm³/mol. The minimum absolute atomic E-state index is 0.0699. The van der Waals surface area contributed by atoms with Gasteiger partial charge in [0.1, 0.15) is 0 Å². The van der Waals surface area contributed by atoms with E-state index in [-0.39, 0.29) is 11.2 Å². The predicted octanol–water partition coefficient (Wildman–Crippen LogP) is 4.53. The summed E-state index contributed by atoms with van der Waals surface area (Å²) in [5.74, 6) is 0.686. The minimum Gasteiger partial charge on any atom is -0.369 e. The first-order chi connectivity index (χ1) is 7.17. The van der Waals surface area contributed by atoms with E-state index in [1.54, 1.807) is 0 Å². The summed E-state index contributed by atoms with van der Waals surface area (Å²) in [5, 5.41) is 0. The van der Waals surface area contributed by atoms with Crippen molar-refractivity contribution in [2.75, 3.05) is 0 Å². The molecule has 0 amide bonds. The van der Waals surface area contributed by atoms with Crippen LogP contribution in [-0.2, 0) is 4.74 Å². The van der Waals surface area contributed by atoms with E-state index in [1.807, 2.05) is 0 Å². The number of ether oxygens (including phenoxy) is 1. The molecule has 2 fully saturated rings. The lowest BCUT2D eigenvalue weighted by atomic mass is 9.58. The van der Waals surface area contributed by atoms with Crippen LogP contribution in [-0.4, -0.2) is 16.0 Å². The summed E-state index contributed by atoms with van der Waals surface area (Å²) in [5.41, 5.74) is 0.513. The molecule has 0 aromatic rings. The molecule has 0 aromatic heterocycles. The van der Waals surface area contributed by atoms with Gasteiger partial charge in [0.05, 0.1) is 11.2 Å². The van der Waals surface area contributed by atoms with E-state index in [2.05, 4.69) is 50.5 Å². The Balaban J connectivity index is 2.28. The fourth-order valence-corrected chi connectivity index (χ4v) is 4.49. The van der Waals surface area contributed by atoms with E-state index < -0.39 is 0 Å². The zero-order chi connectivity index (χ0) is 12.2. The average molecular weight is 289 g/mol. The van der Waals surface area contributed by atoms with Crippen LogP contribution in [0, 0.1) is 11.3 Å². The van der Waals surface area contributed by atoms with Gasteiger partial charge in [-0.15, -0.1) is 0 Å². The van der Waals surface area contributed by atoms with Crippen molar-refractivity contribution in [2.24, 2.45) is 11.3 Å². The van der Waals surface area contributed by atoms with Crippen LogP contribution < -0.4 is 0 Å². The molecule has 0 bridgehead atoms. The second-order valence-electron chi connectivity index (χ2n) is 7.09. The van der Waals surface area contributed by atoms with Crippen molar-refractivity contribution >= 4 is 15.9 Å². The third kappa shape index (κ3) is 1.96. The quantitative estimate of drug-likeness (QED) is 0.595. The van der Waals surface area contributed by atoms with Gasteiger partial charge in [-0.3, -0.25) is 0 Å². The molecule has 3 atom stereocenters. The zero-order valence-electron chi connectivity index (χ0n) is 11.3. The Kier molecular flexibility index (Phi) is 2.99. The largest absolute Gasteiger partial charge is 0.369 e. The highest BCUT2D eigenvalue weighted by Gasteiger charge is 2.55. The molecule has 2 heteroatoms. The van der Waals surface area contributed by atoms with Crippen molar-refractivity contribution in [3.63, 3.8) is 0 Å². The number of alkyl halides is 1. The molecular formula is C14H25BrO. The van der Waals surface area contributed by atoms with E-state index >= 15 is 0 Å². The van der Waals surface area contributed by atoms with Gasteiger partial charge in [0, 0.05) is 4.83 Å². The van der Waals surface area contributed by atoms with Crippen LogP contribution in [0.4, 0.5) is 0 Å². The monoisotopic (exact) mass is 288 g/mol. The molecule has 16 heavy (non-hydrogen) atoms. The SMILES string of the molecule is CC1(C)CC[C@H]2C(C)(C)[C@@H](Br)CC[C@]2(C)O1. The molecule has 94 valence electrons. The van der Waals surface area contributed by atoms with Gasteiger partial charge in [0.15, 0.2) is 0 Å². The van der Waals surface area contributed by atoms with Crippen molar-refractivity contribution in [1.82, 2.24) is 0 Å². The van der Waals surface area contributed by atoms with E-state index in [9.17, 15) is 0 Å². The maximum absolute atomic E-state index is 6.43. The number of hydrogen-bond donors (Lipinski definition) is 0. The highest BCUT2D eigenvalue weighted by molar-refractivity contribution is 9.09. The summed E-state index contributed by atoms with van der Waals surface area (Å²) < 4.78 is 6.43. The standard InChI is InChI=1S/C14H25BrO/c1-12(2)8-6-10-13(3,4)11(15)7-9-14(10,5)16-12/h10-11H,6-9H2,1-5H3/t10-,11-,14-/m0/s1. The minimum atomic E-state index is 0.0699. The fraction of sp³-hybridized carbons (Fsp3) is 1.00. The lowest BCUT2D eigenvalue weighted by molar-refractivity contribution is -0.230. The molecule has 0 aromatic carbocycles. The Morgan fingerprint density at radius 3 is 2.25 bits per heavy atom. The van der Waals surface area contributed by atoms with Crippen molar-refractivity contribution in [1.29, 1.82) is 0 Å². The zero-order valence-corrected chi connectivity index (χ0v) is 12.9.